The van der Waals surface area contributed by atoms with Gasteiger partial charge in [0.2, 0.25) is 0 Å². The Morgan fingerprint density at radius 2 is 2.28 bits per heavy atom. The van der Waals surface area contributed by atoms with Crippen LogP contribution in [0.1, 0.15) is 24.8 Å². The van der Waals surface area contributed by atoms with Crippen molar-refractivity contribution in [3.8, 4) is 0 Å². The Balaban J connectivity index is 1.98. The van der Waals surface area contributed by atoms with Crippen molar-refractivity contribution in [1.82, 2.24) is 0 Å². The molecule has 1 aromatic carbocycles. The minimum Gasteiger partial charge on any atom is -0.409 e. The summed E-state index contributed by atoms with van der Waals surface area (Å²) in [5.41, 5.74) is 6.68. The van der Waals surface area contributed by atoms with E-state index in [9.17, 15) is 4.39 Å². The molecule has 0 radical (unpaired) electrons. The second kappa shape index (κ2) is 4.84. The molecule has 0 aliphatic heterocycles. The van der Waals surface area contributed by atoms with E-state index in [0.29, 0.717) is 24.2 Å². The van der Waals surface area contributed by atoms with Crippen LogP contribution in [-0.4, -0.2) is 17.6 Å². The lowest BCUT2D eigenvalue weighted by Gasteiger charge is -2.16. The zero-order valence-corrected chi connectivity index (χ0v) is 10.4. The van der Waals surface area contributed by atoms with Crippen LogP contribution in [0.3, 0.4) is 0 Å². The molecule has 1 aliphatic rings. The lowest BCUT2D eigenvalue weighted by Crippen LogP contribution is -2.24. The molecule has 5 heteroatoms. The summed E-state index contributed by atoms with van der Waals surface area (Å²) in [7, 11) is 0. The summed E-state index contributed by atoms with van der Waals surface area (Å²) in [4.78, 5) is 0. The molecule has 0 spiro atoms. The molecule has 18 heavy (non-hydrogen) atoms. The lowest BCUT2D eigenvalue weighted by molar-refractivity contribution is 0.315. The van der Waals surface area contributed by atoms with Gasteiger partial charge in [-0.25, -0.2) is 4.39 Å². The molecule has 0 aromatic heterocycles. The molecule has 0 bridgehead atoms. The zero-order chi connectivity index (χ0) is 13.2. The summed E-state index contributed by atoms with van der Waals surface area (Å²) in [5.74, 6) is 0.0242. The Morgan fingerprint density at radius 3 is 2.89 bits per heavy atom. The maximum absolute atomic E-state index is 13.8. The predicted octanol–water partition coefficient (Wildman–Crippen LogP) is 2.46. The van der Waals surface area contributed by atoms with Gasteiger partial charge in [-0.15, -0.1) is 0 Å². The molecule has 1 aromatic rings. The summed E-state index contributed by atoms with van der Waals surface area (Å²) < 4.78 is 13.8. The van der Waals surface area contributed by atoms with Crippen molar-refractivity contribution < 1.29 is 9.60 Å². The molecule has 4 N–H and O–H groups in total. The second-order valence-corrected chi connectivity index (χ2v) is 5.06. The molecule has 1 aliphatic carbocycles. The Hall–Kier alpha value is -1.78. The normalized spacial score (nSPS) is 17.6. The number of amidine groups is 1. The summed E-state index contributed by atoms with van der Waals surface area (Å²) in [6.07, 6.45) is 2.58. The van der Waals surface area contributed by atoms with E-state index >= 15 is 0 Å². The third-order valence-corrected chi connectivity index (χ3v) is 3.49. The van der Waals surface area contributed by atoms with Crippen molar-refractivity contribution >= 4 is 11.5 Å². The van der Waals surface area contributed by atoms with Crippen molar-refractivity contribution in [2.45, 2.75) is 26.2 Å². The van der Waals surface area contributed by atoms with E-state index in [1.54, 1.807) is 19.1 Å². The Morgan fingerprint density at radius 1 is 1.56 bits per heavy atom. The minimum atomic E-state index is -0.211. The Kier molecular flexibility index (Phi) is 3.41. The minimum absolute atomic E-state index is 0.0203. The maximum Gasteiger partial charge on any atom is 0.149 e. The van der Waals surface area contributed by atoms with Gasteiger partial charge in [-0.3, -0.25) is 0 Å². The topological polar surface area (TPSA) is 70.6 Å². The lowest BCUT2D eigenvalue weighted by atomic mass is 10.0. The number of rotatable bonds is 5. The van der Waals surface area contributed by atoms with E-state index in [4.69, 9.17) is 10.9 Å². The first-order valence-electron chi connectivity index (χ1n) is 6.02. The van der Waals surface area contributed by atoms with Crippen LogP contribution in [0.2, 0.25) is 0 Å². The largest absolute Gasteiger partial charge is 0.409 e. The van der Waals surface area contributed by atoms with Gasteiger partial charge in [0.25, 0.3) is 0 Å². The van der Waals surface area contributed by atoms with Crippen molar-refractivity contribution in [1.29, 1.82) is 0 Å². The van der Waals surface area contributed by atoms with E-state index in [1.807, 2.05) is 6.07 Å². The first-order chi connectivity index (χ1) is 8.56. The molecule has 0 saturated heterocycles. The molecule has 1 fully saturated rings. The van der Waals surface area contributed by atoms with Gasteiger partial charge in [0, 0.05) is 13.0 Å². The van der Waals surface area contributed by atoms with Gasteiger partial charge < -0.3 is 16.3 Å². The molecule has 98 valence electrons. The Labute approximate surface area is 106 Å². The third kappa shape index (κ3) is 2.72. The smallest absolute Gasteiger partial charge is 0.149 e. The number of anilines is 1. The molecule has 1 saturated carbocycles. The highest BCUT2D eigenvalue weighted by Gasteiger charge is 2.43. The molecule has 4 nitrogen and oxygen atoms in total. The van der Waals surface area contributed by atoms with Crippen LogP contribution in [0.25, 0.3) is 0 Å². The molecule has 0 heterocycles. The van der Waals surface area contributed by atoms with Gasteiger partial charge in [-0.2, -0.15) is 0 Å². The number of halogens is 1. The summed E-state index contributed by atoms with van der Waals surface area (Å²) >= 11 is 0. The van der Waals surface area contributed by atoms with Gasteiger partial charge in [-0.1, -0.05) is 17.3 Å². The SMILES string of the molecule is Cc1cccc(NCC2(C/C(N)=N/O)CC2)c1F. The number of nitrogens with one attached hydrogen (secondary N) is 1. The quantitative estimate of drug-likeness (QED) is 0.326. The number of nitrogens with two attached hydrogens (primary N) is 1. The average Bonchev–Trinajstić information content (AvgIpc) is 3.11. The van der Waals surface area contributed by atoms with Crippen LogP contribution in [0.4, 0.5) is 10.1 Å². The van der Waals surface area contributed by atoms with Crippen molar-refractivity contribution in [2.24, 2.45) is 16.3 Å². The van der Waals surface area contributed by atoms with Gasteiger partial charge in [0.15, 0.2) is 0 Å². The summed E-state index contributed by atoms with van der Waals surface area (Å²) in [5, 5.41) is 14.7. The van der Waals surface area contributed by atoms with Crippen LogP contribution in [-0.2, 0) is 0 Å². The fourth-order valence-corrected chi connectivity index (χ4v) is 2.08. The summed E-state index contributed by atoms with van der Waals surface area (Å²) in [6, 6.07) is 5.29. The van der Waals surface area contributed by atoms with Gasteiger partial charge in [0.1, 0.15) is 11.7 Å². The molecule has 0 atom stereocenters. The Bertz CT molecular complexity index is 469. The predicted molar refractivity (Wildman–Crippen MR) is 69.3 cm³/mol. The number of nitrogens with zero attached hydrogens (tertiary/aromatic N) is 1. The number of hydrogen-bond acceptors (Lipinski definition) is 3. The number of aryl methyl sites for hydroxylation is 1. The zero-order valence-electron chi connectivity index (χ0n) is 10.4. The van der Waals surface area contributed by atoms with Crippen molar-refractivity contribution in [3.63, 3.8) is 0 Å². The maximum atomic E-state index is 13.8. The van der Waals surface area contributed by atoms with Gasteiger partial charge >= 0.3 is 0 Å². The third-order valence-electron chi connectivity index (χ3n) is 3.49. The van der Waals surface area contributed by atoms with Gasteiger partial charge in [0.05, 0.1) is 5.69 Å². The fraction of sp³-hybridized carbons (Fsp3) is 0.462. The van der Waals surface area contributed by atoms with E-state index < -0.39 is 0 Å². The molecule has 0 unspecified atom stereocenters. The monoisotopic (exact) mass is 251 g/mol. The number of hydrogen-bond donors (Lipinski definition) is 3. The van der Waals surface area contributed by atoms with Crippen LogP contribution >= 0.6 is 0 Å². The highest BCUT2D eigenvalue weighted by atomic mass is 19.1. The number of oxime groups is 1. The van der Waals surface area contributed by atoms with E-state index in [2.05, 4.69) is 10.5 Å². The fourth-order valence-electron chi connectivity index (χ4n) is 2.08. The van der Waals surface area contributed by atoms with E-state index in [-0.39, 0.29) is 17.1 Å². The highest BCUT2D eigenvalue weighted by Crippen LogP contribution is 2.48. The highest BCUT2D eigenvalue weighted by molar-refractivity contribution is 5.80. The molecule has 0 amide bonds. The van der Waals surface area contributed by atoms with Crippen LogP contribution in [0.5, 0.6) is 0 Å². The van der Waals surface area contributed by atoms with E-state index in [0.717, 1.165) is 12.8 Å². The second-order valence-electron chi connectivity index (χ2n) is 5.06. The molecular weight excluding hydrogens is 233 g/mol. The van der Waals surface area contributed by atoms with Gasteiger partial charge in [-0.05, 0) is 36.8 Å². The molecular formula is C13H18FN3O. The first kappa shape index (κ1) is 12.7. The van der Waals surface area contributed by atoms with Crippen LogP contribution in [0.15, 0.2) is 23.4 Å². The van der Waals surface area contributed by atoms with Crippen molar-refractivity contribution in [3.05, 3.63) is 29.6 Å². The average molecular weight is 251 g/mol. The first-order valence-corrected chi connectivity index (χ1v) is 6.02. The van der Waals surface area contributed by atoms with Crippen LogP contribution in [0, 0.1) is 18.2 Å². The van der Waals surface area contributed by atoms with Crippen molar-refractivity contribution in [2.75, 3.05) is 11.9 Å². The number of benzene rings is 1. The van der Waals surface area contributed by atoms with Crippen LogP contribution < -0.4 is 11.1 Å². The van der Waals surface area contributed by atoms with E-state index in [1.165, 1.54) is 0 Å². The molecule has 2 rings (SSSR count). The standard InChI is InChI=1S/C13H18FN3O/c1-9-3-2-4-10(12(9)14)16-8-13(5-6-13)7-11(15)17-18/h2-4,16,18H,5-8H2,1H3,(H2,15,17). The summed E-state index contributed by atoms with van der Waals surface area (Å²) in [6.45, 7) is 2.38.